The third-order valence-electron chi connectivity index (χ3n) is 7.04. The second kappa shape index (κ2) is 8.68. The van der Waals surface area contributed by atoms with Crippen molar-refractivity contribution in [1.82, 2.24) is 0 Å². The summed E-state index contributed by atoms with van der Waals surface area (Å²) in [6.45, 7) is 12.5. The van der Waals surface area contributed by atoms with Crippen LogP contribution < -0.4 is 16.4 Å². The van der Waals surface area contributed by atoms with Crippen LogP contribution in [0.4, 0.5) is 4.32 Å². The summed E-state index contributed by atoms with van der Waals surface area (Å²) in [5.74, 6) is 0. The topological polar surface area (TPSA) is 0 Å². The Morgan fingerprint density at radius 1 is 0.636 bits per heavy atom. The van der Waals surface area contributed by atoms with Crippen molar-refractivity contribution >= 4 is 44.5 Å². The van der Waals surface area contributed by atoms with E-state index in [1.807, 2.05) is 12.1 Å². The molecule has 0 aliphatic rings. The fraction of sp³-hybridized carbons (Fsp3) is 0.267. The monoisotopic (exact) mass is 456 g/mol. The van der Waals surface area contributed by atoms with E-state index in [1.165, 1.54) is 16.0 Å². The Balaban J connectivity index is 2.25. The molecule has 0 nitrogen and oxygen atoms in total. The highest BCUT2D eigenvalue weighted by Gasteiger charge is 2.37. The van der Waals surface area contributed by atoms with Crippen LogP contribution in [0.5, 0.6) is 0 Å². The lowest BCUT2D eigenvalue weighted by Gasteiger charge is -2.41. The summed E-state index contributed by atoms with van der Waals surface area (Å²) in [6.07, 6.45) is 1.75. The molecule has 0 radical (unpaired) electrons. The molecule has 0 aliphatic carbocycles. The van der Waals surface area contributed by atoms with E-state index >= 15 is 4.32 Å². The van der Waals surface area contributed by atoms with Gasteiger partial charge >= 0.3 is 0 Å². The van der Waals surface area contributed by atoms with Crippen LogP contribution in [0, 0.1) is 41.5 Å². The first-order chi connectivity index (χ1) is 15.6. The highest BCUT2D eigenvalue weighted by Crippen LogP contribution is 2.27. The molecule has 4 aromatic carbocycles. The molecule has 0 aliphatic heterocycles. The molecule has 0 aromatic heterocycles. The van der Waals surface area contributed by atoms with Crippen molar-refractivity contribution in [3.63, 3.8) is 0 Å². The van der Waals surface area contributed by atoms with Gasteiger partial charge in [-0.05, 0) is 53.0 Å². The van der Waals surface area contributed by atoms with Gasteiger partial charge in [0, 0.05) is 16.3 Å². The minimum atomic E-state index is -2.70. The minimum absolute atomic E-state index is 0.00321. The average Bonchev–Trinajstić information content (AvgIpc) is 2.71. The lowest BCUT2D eigenvalue weighted by Crippen LogP contribution is -2.67. The minimum Gasteiger partial charge on any atom is -0.498 e. The zero-order valence-corrected chi connectivity index (χ0v) is 22.0. The zero-order chi connectivity index (χ0) is 24.1. The van der Waals surface area contributed by atoms with Gasteiger partial charge in [0.1, 0.15) is 12.5 Å². The molecule has 170 valence electrons. The summed E-state index contributed by atoms with van der Waals surface area (Å²) in [5.41, 5.74) is 8.93. The van der Waals surface area contributed by atoms with Crippen LogP contribution in [0.15, 0.2) is 65.6 Å². The molecule has 0 bridgehead atoms. The summed E-state index contributed by atoms with van der Waals surface area (Å²) in [6, 6.07) is 21.1. The number of rotatable bonds is 4. The van der Waals surface area contributed by atoms with Crippen LogP contribution in [0.2, 0.25) is 0 Å². The number of benzene rings is 4. The van der Waals surface area contributed by atoms with Crippen LogP contribution in [0.3, 0.4) is 0 Å². The van der Waals surface area contributed by atoms with Crippen molar-refractivity contribution in [1.29, 1.82) is 0 Å². The Morgan fingerprint density at radius 2 is 1.06 bits per heavy atom. The fourth-order valence-electron chi connectivity index (χ4n) is 6.10. The lowest BCUT2D eigenvalue weighted by molar-refractivity contribution is 0.839. The standard InChI is InChI=1S/C30H34BFS/c1-19-15-21(3)29(22(4)16-19)31(32,30-23(5)17-20(2)18-24(30)6)26-13-9-11-25-12-10-14-27(28(25)26)33(7)8/h9-18H,1-8H3. The van der Waals surface area contributed by atoms with E-state index in [0.29, 0.717) is 0 Å². The van der Waals surface area contributed by atoms with Gasteiger partial charge in [0.25, 0.3) is 0 Å². The van der Waals surface area contributed by atoms with Crippen molar-refractivity contribution in [3.05, 3.63) is 94.0 Å². The number of halogens is 1. The summed E-state index contributed by atoms with van der Waals surface area (Å²) in [7, 11) is 0.00321. The second-order valence-electron chi connectivity index (χ2n) is 9.90. The van der Waals surface area contributed by atoms with Gasteiger partial charge in [-0.2, -0.15) is 16.4 Å². The largest absolute Gasteiger partial charge is 0.498 e. The van der Waals surface area contributed by atoms with Crippen LogP contribution in [0.25, 0.3) is 10.8 Å². The Morgan fingerprint density at radius 3 is 1.48 bits per heavy atom. The Bertz CT molecular complexity index is 1260. The van der Waals surface area contributed by atoms with Gasteiger partial charge < -0.3 is 4.32 Å². The maximum atomic E-state index is 18.5. The van der Waals surface area contributed by atoms with Gasteiger partial charge in [0.2, 0.25) is 6.42 Å². The molecule has 33 heavy (non-hydrogen) atoms. The van der Waals surface area contributed by atoms with Crippen molar-refractivity contribution in [2.75, 3.05) is 12.5 Å². The van der Waals surface area contributed by atoms with E-state index in [0.717, 1.165) is 49.4 Å². The van der Waals surface area contributed by atoms with Gasteiger partial charge in [-0.25, -0.2) is 0 Å². The van der Waals surface area contributed by atoms with Gasteiger partial charge in [-0.1, -0.05) is 88.0 Å². The first-order valence-corrected chi connectivity index (χ1v) is 13.7. The molecular weight excluding hydrogens is 422 g/mol. The number of fused-ring (bicyclic) bond motifs is 1. The Labute approximate surface area is 201 Å². The number of hydrogen-bond acceptors (Lipinski definition) is 0. The molecule has 3 heteroatoms. The smallest absolute Gasteiger partial charge is 0.236 e. The van der Waals surface area contributed by atoms with Gasteiger partial charge in [0.15, 0.2) is 4.90 Å². The van der Waals surface area contributed by atoms with Crippen molar-refractivity contribution in [2.24, 2.45) is 0 Å². The SMILES string of the molecule is Cc1cc(C)c([B-](F)(c2c(C)cc(C)cc2C)c2cccc3cccc([S+](C)C)c23)c(C)c1. The molecule has 4 rings (SSSR count). The second-order valence-corrected chi connectivity index (χ2v) is 12.0. The normalized spacial score (nSPS) is 12.1. The first-order valence-electron chi connectivity index (χ1n) is 11.7. The third-order valence-corrected chi connectivity index (χ3v) is 8.26. The molecule has 0 spiro atoms. The van der Waals surface area contributed by atoms with Crippen LogP contribution in [-0.2, 0) is 10.9 Å². The van der Waals surface area contributed by atoms with Gasteiger partial charge in [-0.15, -0.1) is 0 Å². The molecular formula is C30H34BFS. The van der Waals surface area contributed by atoms with Crippen LogP contribution in [0.1, 0.15) is 33.4 Å². The highest BCUT2D eigenvalue weighted by molar-refractivity contribution is 7.95. The van der Waals surface area contributed by atoms with E-state index < -0.39 is 6.42 Å². The Kier molecular flexibility index (Phi) is 6.22. The summed E-state index contributed by atoms with van der Waals surface area (Å²) >= 11 is 0. The lowest BCUT2D eigenvalue weighted by atomic mass is 9.28. The summed E-state index contributed by atoms with van der Waals surface area (Å²) in [4.78, 5) is 1.23. The van der Waals surface area contributed by atoms with E-state index in [2.05, 4.69) is 103 Å². The molecule has 0 unspecified atom stereocenters. The zero-order valence-electron chi connectivity index (χ0n) is 21.1. The molecule has 0 fully saturated rings. The van der Waals surface area contributed by atoms with E-state index in [9.17, 15) is 0 Å². The summed E-state index contributed by atoms with van der Waals surface area (Å²) in [5, 5.41) is 2.19. The highest BCUT2D eigenvalue weighted by atomic mass is 32.2. The van der Waals surface area contributed by atoms with Gasteiger partial charge in [0.05, 0.1) is 0 Å². The average molecular weight is 456 g/mol. The van der Waals surface area contributed by atoms with Crippen molar-refractivity contribution in [3.8, 4) is 0 Å². The molecule has 4 aromatic rings. The maximum absolute atomic E-state index is 18.5. The van der Waals surface area contributed by atoms with Crippen molar-refractivity contribution < 1.29 is 4.32 Å². The maximum Gasteiger partial charge on any atom is 0.236 e. The summed E-state index contributed by atoms with van der Waals surface area (Å²) < 4.78 is 18.5. The van der Waals surface area contributed by atoms with Gasteiger partial charge in [-0.3, -0.25) is 0 Å². The van der Waals surface area contributed by atoms with Crippen LogP contribution in [-0.4, -0.2) is 18.9 Å². The molecule has 0 atom stereocenters. The Hall–Kier alpha value is -2.52. The predicted octanol–water partition coefficient (Wildman–Crippen LogP) is 5.86. The van der Waals surface area contributed by atoms with Crippen LogP contribution >= 0.6 is 0 Å². The molecule has 0 heterocycles. The number of hydrogen-bond donors (Lipinski definition) is 0. The van der Waals surface area contributed by atoms with E-state index in [1.54, 1.807) is 0 Å². The number of aryl methyl sites for hydroxylation is 6. The predicted molar refractivity (Wildman–Crippen MR) is 148 cm³/mol. The van der Waals surface area contributed by atoms with E-state index in [4.69, 9.17) is 0 Å². The van der Waals surface area contributed by atoms with Crippen molar-refractivity contribution in [2.45, 2.75) is 46.4 Å². The molecule has 0 amide bonds. The third kappa shape index (κ3) is 3.91. The first kappa shape index (κ1) is 23.6. The molecule has 0 saturated carbocycles. The molecule has 0 N–H and O–H groups in total. The molecule has 0 saturated heterocycles. The quantitative estimate of drug-likeness (QED) is 0.266. The van der Waals surface area contributed by atoms with E-state index in [-0.39, 0.29) is 10.9 Å². The fourth-order valence-corrected chi connectivity index (χ4v) is 7.09.